The molecule has 0 atom stereocenters. The maximum absolute atomic E-state index is 11.9. The molecule has 1 aromatic heterocycles. The summed E-state index contributed by atoms with van der Waals surface area (Å²) in [4.78, 5) is 28.8. The number of amides is 1. The number of halogens is 1. The van der Waals surface area contributed by atoms with Crippen molar-refractivity contribution in [3.8, 4) is 0 Å². The first-order chi connectivity index (χ1) is 8.56. The largest absolute Gasteiger partial charge is 0.325 e. The van der Waals surface area contributed by atoms with Crippen LogP contribution < -0.4 is 10.9 Å². The van der Waals surface area contributed by atoms with Gasteiger partial charge in [-0.1, -0.05) is 17.7 Å². The lowest BCUT2D eigenvalue weighted by molar-refractivity contribution is 0.102. The average molecular weight is 264 g/mol. The molecule has 5 nitrogen and oxygen atoms in total. The fourth-order valence-corrected chi connectivity index (χ4v) is 1.55. The standard InChI is InChI=1S/C12H10ClN3O2/c1-7-2-3-8(13)4-9(7)16-12(18)10-5-15-11(17)6-14-10/h2-6H,1H3,(H,15,17)(H,16,18). The maximum atomic E-state index is 11.9. The molecule has 2 rings (SSSR count). The highest BCUT2D eigenvalue weighted by Gasteiger charge is 2.09. The van der Waals surface area contributed by atoms with Gasteiger partial charge in [0.25, 0.3) is 11.5 Å². The van der Waals surface area contributed by atoms with Crippen LogP contribution in [0, 0.1) is 6.92 Å². The van der Waals surface area contributed by atoms with E-state index in [0.29, 0.717) is 10.7 Å². The van der Waals surface area contributed by atoms with E-state index in [1.807, 2.05) is 6.92 Å². The van der Waals surface area contributed by atoms with E-state index in [4.69, 9.17) is 11.6 Å². The Morgan fingerprint density at radius 3 is 2.89 bits per heavy atom. The van der Waals surface area contributed by atoms with Gasteiger partial charge in [0.05, 0.1) is 6.20 Å². The Kier molecular flexibility index (Phi) is 3.43. The molecule has 2 N–H and O–H groups in total. The van der Waals surface area contributed by atoms with Gasteiger partial charge in [0.15, 0.2) is 0 Å². The van der Waals surface area contributed by atoms with Gasteiger partial charge in [-0.15, -0.1) is 0 Å². The zero-order chi connectivity index (χ0) is 13.1. The number of hydrogen-bond donors (Lipinski definition) is 2. The van der Waals surface area contributed by atoms with E-state index in [9.17, 15) is 9.59 Å². The number of hydrogen-bond acceptors (Lipinski definition) is 3. The number of nitrogens with one attached hydrogen (secondary N) is 2. The van der Waals surface area contributed by atoms with Gasteiger partial charge in [-0.25, -0.2) is 4.98 Å². The maximum Gasteiger partial charge on any atom is 0.275 e. The van der Waals surface area contributed by atoms with Gasteiger partial charge in [-0.2, -0.15) is 0 Å². The number of anilines is 1. The number of nitrogens with zero attached hydrogens (tertiary/aromatic N) is 1. The van der Waals surface area contributed by atoms with Gasteiger partial charge < -0.3 is 10.3 Å². The summed E-state index contributed by atoms with van der Waals surface area (Å²) in [5, 5.41) is 3.21. The monoisotopic (exact) mass is 263 g/mol. The molecule has 0 bridgehead atoms. The second-order valence-electron chi connectivity index (χ2n) is 3.71. The topological polar surface area (TPSA) is 74.8 Å². The highest BCUT2D eigenvalue weighted by atomic mass is 35.5. The second-order valence-corrected chi connectivity index (χ2v) is 4.15. The van der Waals surface area contributed by atoms with Gasteiger partial charge in [-0.05, 0) is 24.6 Å². The number of H-pyrrole nitrogens is 1. The van der Waals surface area contributed by atoms with Crippen LogP contribution in [-0.2, 0) is 0 Å². The minimum Gasteiger partial charge on any atom is -0.325 e. The third-order valence-corrected chi connectivity index (χ3v) is 2.59. The molecule has 0 aliphatic rings. The second kappa shape index (κ2) is 5.01. The Morgan fingerprint density at radius 1 is 1.44 bits per heavy atom. The Balaban J connectivity index is 2.23. The molecule has 92 valence electrons. The fraction of sp³-hybridized carbons (Fsp3) is 0.0833. The first kappa shape index (κ1) is 12.3. The van der Waals surface area contributed by atoms with Crippen molar-refractivity contribution >= 4 is 23.2 Å². The molecule has 1 amide bonds. The molecule has 0 aliphatic carbocycles. The molecule has 18 heavy (non-hydrogen) atoms. The van der Waals surface area contributed by atoms with Crippen molar-refractivity contribution in [2.75, 3.05) is 5.32 Å². The van der Waals surface area contributed by atoms with E-state index < -0.39 is 5.91 Å². The summed E-state index contributed by atoms with van der Waals surface area (Å²) in [7, 11) is 0. The highest BCUT2D eigenvalue weighted by molar-refractivity contribution is 6.31. The SMILES string of the molecule is Cc1ccc(Cl)cc1NC(=O)c1c[nH]c(=O)cn1. The number of aromatic amines is 1. The third kappa shape index (κ3) is 2.75. The van der Waals surface area contributed by atoms with Crippen LogP contribution in [0.25, 0.3) is 0 Å². The van der Waals surface area contributed by atoms with Gasteiger partial charge in [0.2, 0.25) is 0 Å². The van der Waals surface area contributed by atoms with Crippen LogP contribution in [0.2, 0.25) is 5.02 Å². The Bertz CT molecular complexity index is 632. The van der Waals surface area contributed by atoms with Crippen molar-refractivity contribution in [1.82, 2.24) is 9.97 Å². The Morgan fingerprint density at radius 2 is 2.22 bits per heavy atom. The first-order valence-corrected chi connectivity index (χ1v) is 5.56. The zero-order valence-electron chi connectivity index (χ0n) is 9.53. The minimum absolute atomic E-state index is 0.133. The number of benzene rings is 1. The number of aromatic nitrogens is 2. The lowest BCUT2D eigenvalue weighted by atomic mass is 10.2. The van der Waals surface area contributed by atoms with Crippen molar-refractivity contribution in [1.29, 1.82) is 0 Å². The summed E-state index contributed by atoms with van der Waals surface area (Å²) in [6.45, 7) is 1.85. The predicted octanol–water partition coefficient (Wildman–Crippen LogP) is 1.98. The van der Waals surface area contributed by atoms with E-state index in [1.54, 1.807) is 18.2 Å². The van der Waals surface area contributed by atoms with Crippen molar-refractivity contribution in [3.63, 3.8) is 0 Å². The molecule has 0 radical (unpaired) electrons. The minimum atomic E-state index is -0.406. The van der Waals surface area contributed by atoms with Crippen molar-refractivity contribution in [2.24, 2.45) is 0 Å². The van der Waals surface area contributed by atoms with Crippen molar-refractivity contribution in [3.05, 3.63) is 57.2 Å². The Labute approximate surface area is 108 Å². The number of rotatable bonds is 2. The molecule has 1 heterocycles. The molecule has 0 saturated heterocycles. The van der Waals surface area contributed by atoms with E-state index in [2.05, 4.69) is 15.3 Å². The summed E-state index contributed by atoms with van der Waals surface area (Å²) in [6, 6.07) is 5.20. The molecule has 0 unspecified atom stereocenters. The smallest absolute Gasteiger partial charge is 0.275 e. The summed E-state index contributed by atoms with van der Waals surface area (Å²) in [5.41, 5.74) is 1.28. The zero-order valence-corrected chi connectivity index (χ0v) is 10.3. The summed E-state index contributed by atoms with van der Waals surface area (Å²) < 4.78 is 0. The third-order valence-electron chi connectivity index (χ3n) is 2.35. The molecule has 2 aromatic rings. The summed E-state index contributed by atoms with van der Waals surface area (Å²) in [5.74, 6) is -0.406. The van der Waals surface area contributed by atoms with Crippen LogP contribution in [0.4, 0.5) is 5.69 Å². The normalized spacial score (nSPS) is 10.1. The molecule has 6 heteroatoms. The number of carbonyl (C=O) groups excluding carboxylic acids is 1. The van der Waals surface area contributed by atoms with Crippen LogP contribution >= 0.6 is 11.6 Å². The van der Waals surface area contributed by atoms with E-state index in [0.717, 1.165) is 11.8 Å². The molecule has 0 aliphatic heterocycles. The van der Waals surface area contributed by atoms with Crippen LogP contribution in [0.15, 0.2) is 35.4 Å². The molecule has 0 saturated carbocycles. The molecule has 0 fully saturated rings. The molecular weight excluding hydrogens is 254 g/mol. The van der Waals surface area contributed by atoms with Gasteiger partial charge in [-0.3, -0.25) is 9.59 Å². The highest BCUT2D eigenvalue weighted by Crippen LogP contribution is 2.20. The fourth-order valence-electron chi connectivity index (χ4n) is 1.38. The van der Waals surface area contributed by atoms with E-state index >= 15 is 0 Å². The van der Waals surface area contributed by atoms with Gasteiger partial charge >= 0.3 is 0 Å². The van der Waals surface area contributed by atoms with E-state index in [-0.39, 0.29) is 11.3 Å². The lowest BCUT2D eigenvalue weighted by Gasteiger charge is -2.07. The predicted molar refractivity (Wildman–Crippen MR) is 69.0 cm³/mol. The quantitative estimate of drug-likeness (QED) is 0.870. The lowest BCUT2D eigenvalue weighted by Crippen LogP contribution is -2.17. The van der Waals surface area contributed by atoms with Gasteiger partial charge in [0, 0.05) is 16.9 Å². The number of carbonyl (C=O) groups is 1. The Hall–Kier alpha value is -2.14. The first-order valence-electron chi connectivity index (χ1n) is 5.18. The van der Waals surface area contributed by atoms with Crippen LogP contribution in [0.1, 0.15) is 16.1 Å². The van der Waals surface area contributed by atoms with Crippen LogP contribution in [0.5, 0.6) is 0 Å². The average Bonchev–Trinajstić information content (AvgIpc) is 2.34. The molecule has 1 aromatic carbocycles. The molecule has 0 spiro atoms. The van der Waals surface area contributed by atoms with E-state index in [1.165, 1.54) is 6.20 Å². The van der Waals surface area contributed by atoms with Crippen LogP contribution in [0.3, 0.4) is 0 Å². The van der Waals surface area contributed by atoms with Crippen molar-refractivity contribution in [2.45, 2.75) is 6.92 Å². The van der Waals surface area contributed by atoms with Gasteiger partial charge in [0.1, 0.15) is 5.69 Å². The number of aryl methyl sites for hydroxylation is 1. The summed E-state index contributed by atoms with van der Waals surface area (Å²) in [6.07, 6.45) is 2.32. The summed E-state index contributed by atoms with van der Waals surface area (Å²) >= 11 is 5.85. The van der Waals surface area contributed by atoms with Crippen molar-refractivity contribution < 1.29 is 4.79 Å². The van der Waals surface area contributed by atoms with Crippen LogP contribution in [-0.4, -0.2) is 15.9 Å². The molecular formula is C12H10ClN3O2.